The average molecular weight is 493 g/mol. The van der Waals surface area contributed by atoms with E-state index in [-0.39, 0.29) is 12.5 Å². The Morgan fingerprint density at radius 1 is 0.944 bits per heavy atom. The largest absolute Gasteiger partial charge is 0.325 e. The van der Waals surface area contributed by atoms with Crippen molar-refractivity contribution >= 4 is 28.4 Å². The molecule has 0 aliphatic carbocycles. The molecule has 176 valence electrons. The Labute approximate surface area is 213 Å². The van der Waals surface area contributed by atoms with E-state index >= 15 is 0 Å². The third-order valence-electron chi connectivity index (χ3n) is 5.83. The lowest BCUT2D eigenvalue weighted by Gasteiger charge is -2.23. The minimum Gasteiger partial charge on any atom is -0.325 e. The van der Waals surface area contributed by atoms with Crippen LogP contribution in [-0.2, 0) is 19.6 Å². The van der Waals surface area contributed by atoms with Crippen LogP contribution in [0.25, 0.3) is 10.9 Å². The Kier molecular flexibility index (Phi) is 6.69. The molecule has 3 aromatic carbocycles. The molecule has 0 unspecified atom stereocenters. The maximum absolute atomic E-state index is 13.7. The zero-order chi connectivity index (χ0) is 24.9. The maximum Gasteiger partial charge on any atom is 0.273 e. The summed E-state index contributed by atoms with van der Waals surface area (Å²) in [5, 5.41) is 19.0. The molecule has 7 nitrogen and oxygen atoms in total. The highest BCUT2D eigenvalue weighted by molar-refractivity contribution is 6.30. The number of fused-ring (bicyclic) bond motifs is 1. The lowest BCUT2D eigenvalue weighted by atomic mass is 10.1. The van der Waals surface area contributed by atoms with Crippen molar-refractivity contribution in [1.29, 1.82) is 5.26 Å². The molecule has 0 aliphatic heterocycles. The first-order chi connectivity index (χ1) is 17.6. The highest BCUT2D eigenvalue weighted by Crippen LogP contribution is 2.19. The van der Waals surface area contributed by atoms with Gasteiger partial charge in [0.05, 0.1) is 30.2 Å². The summed E-state index contributed by atoms with van der Waals surface area (Å²) >= 11 is 6.21. The molecule has 0 N–H and O–H groups in total. The van der Waals surface area contributed by atoms with Gasteiger partial charge in [-0.25, -0.2) is 4.98 Å². The predicted molar refractivity (Wildman–Crippen MR) is 137 cm³/mol. The summed E-state index contributed by atoms with van der Waals surface area (Å²) in [5.41, 5.74) is 3.61. The van der Waals surface area contributed by atoms with Gasteiger partial charge in [0.15, 0.2) is 5.82 Å². The molecule has 0 aliphatic rings. The summed E-state index contributed by atoms with van der Waals surface area (Å²) in [5.74, 6) is 0.421. The fourth-order valence-corrected chi connectivity index (χ4v) is 4.20. The van der Waals surface area contributed by atoms with Crippen molar-refractivity contribution in [3.05, 3.63) is 124 Å². The lowest BCUT2D eigenvalue weighted by molar-refractivity contribution is 0.0718. The van der Waals surface area contributed by atoms with Gasteiger partial charge in [0.1, 0.15) is 12.0 Å². The number of rotatable bonds is 7. The lowest BCUT2D eigenvalue weighted by Crippen LogP contribution is -2.32. The second-order valence-electron chi connectivity index (χ2n) is 8.36. The quantitative estimate of drug-likeness (QED) is 0.310. The highest BCUT2D eigenvalue weighted by Gasteiger charge is 2.21. The van der Waals surface area contributed by atoms with Gasteiger partial charge in [0, 0.05) is 17.0 Å². The van der Waals surface area contributed by atoms with Crippen LogP contribution in [-0.4, -0.2) is 30.6 Å². The Bertz CT molecular complexity index is 1570. The first-order valence-electron chi connectivity index (χ1n) is 11.3. The van der Waals surface area contributed by atoms with Crippen molar-refractivity contribution in [3.8, 4) is 6.07 Å². The zero-order valence-corrected chi connectivity index (χ0v) is 20.0. The molecular formula is C28H21ClN6O. The van der Waals surface area contributed by atoms with Gasteiger partial charge < -0.3 is 9.47 Å². The van der Waals surface area contributed by atoms with E-state index in [9.17, 15) is 4.79 Å². The van der Waals surface area contributed by atoms with E-state index in [1.54, 1.807) is 35.5 Å². The number of nitriles is 1. The number of amides is 1. The van der Waals surface area contributed by atoms with Crippen LogP contribution in [0.4, 0.5) is 0 Å². The van der Waals surface area contributed by atoms with Crippen molar-refractivity contribution < 1.29 is 4.79 Å². The molecule has 0 radical (unpaired) electrons. The summed E-state index contributed by atoms with van der Waals surface area (Å²) < 4.78 is 1.90. The molecule has 5 aromatic rings. The van der Waals surface area contributed by atoms with E-state index in [1.165, 1.54) is 0 Å². The van der Waals surface area contributed by atoms with E-state index in [4.69, 9.17) is 16.9 Å². The minimum absolute atomic E-state index is 0.214. The number of carbonyl (C=O) groups excluding carboxylic acids is 1. The van der Waals surface area contributed by atoms with E-state index in [0.717, 1.165) is 22.0 Å². The highest BCUT2D eigenvalue weighted by atomic mass is 35.5. The Morgan fingerprint density at radius 2 is 1.78 bits per heavy atom. The van der Waals surface area contributed by atoms with Gasteiger partial charge in [-0.1, -0.05) is 60.1 Å². The van der Waals surface area contributed by atoms with Crippen LogP contribution in [0.3, 0.4) is 0 Å². The molecule has 0 bridgehead atoms. The van der Waals surface area contributed by atoms with Crippen molar-refractivity contribution in [2.45, 2.75) is 19.6 Å². The summed E-state index contributed by atoms with van der Waals surface area (Å²) in [7, 11) is 0. The minimum atomic E-state index is -0.214. The molecular weight excluding hydrogens is 472 g/mol. The van der Waals surface area contributed by atoms with Gasteiger partial charge in [-0.2, -0.15) is 5.26 Å². The molecule has 0 fully saturated rings. The van der Waals surface area contributed by atoms with Crippen LogP contribution in [0.2, 0.25) is 5.02 Å². The molecule has 5 rings (SSSR count). The van der Waals surface area contributed by atoms with E-state index in [1.807, 2.05) is 65.2 Å². The van der Waals surface area contributed by atoms with Crippen molar-refractivity contribution in [3.63, 3.8) is 0 Å². The number of carbonyl (C=O) groups is 1. The number of hydrogen-bond donors (Lipinski definition) is 0. The first-order valence-corrected chi connectivity index (χ1v) is 11.7. The molecule has 8 heteroatoms. The van der Waals surface area contributed by atoms with Crippen molar-refractivity contribution in [2.75, 3.05) is 0 Å². The van der Waals surface area contributed by atoms with Crippen LogP contribution in [0.15, 0.2) is 91.3 Å². The average Bonchev–Trinajstić information content (AvgIpc) is 3.34. The summed E-state index contributed by atoms with van der Waals surface area (Å²) in [4.78, 5) is 20.0. The van der Waals surface area contributed by atoms with Gasteiger partial charge in [-0.3, -0.25) is 4.79 Å². The smallest absolute Gasteiger partial charge is 0.273 e. The van der Waals surface area contributed by atoms with E-state index < -0.39 is 0 Å². The van der Waals surface area contributed by atoms with Crippen LogP contribution >= 0.6 is 11.6 Å². The summed E-state index contributed by atoms with van der Waals surface area (Å²) in [6.45, 7) is 1.08. The third-order valence-corrected chi connectivity index (χ3v) is 6.07. The predicted octanol–water partition coefficient (Wildman–Crippen LogP) is 5.24. The number of nitrogens with zero attached hydrogens (tertiary/aromatic N) is 6. The fraction of sp³-hybridized carbons (Fsp3) is 0.107. The molecule has 0 spiro atoms. The number of para-hydroxylation sites is 1. The van der Waals surface area contributed by atoms with Crippen LogP contribution < -0.4 is 0 Å². The van der Waals surface area contributed by atoms with Gasteiger partial charge in [-0.15, -0.1) is 10.2 Å². The van der Waals surface area contributed by atoms with Crippen LogP contribution in [0, 0.1) is 11.3 Å². The number of benzene rings is 3. The second kappa shape index (κ2) is 10.4. The third kappa shape index (κ3) is 5.24. The molecule has 36 heavy (non-hydrogen) atoms. The van der Waals surface area contributed by atoms with Crippen molar-refractivity contribution in [1.82, 2.24) is 24.6 Å². The number of hydrogen-bond acceptors (Lipinski definition) is 5. The molecule has 0 saturated carbocycles. The topological polar surface area (TPSA) is 87.7 Å². The number of aromatic nitrogens is 4. The maximum atomic E-state index is 13.7. The van der Waals surface area contributed by atoms with E-state index in [2.05, 4.69) is 21.3 Å². The van der Waals surface area contributed by atoms with Crippen molar-refractivity contribution in [2.24, 2.45) is 0 Å². The number of halogens is 1. The molecule has 2 aromatic heterocycles. The standard InChI is InChI=1S/C28H21ClN6O/c29-24-6-3-4-22(14-24)17-34(28(36)26-13-12-23-5-1-2-7-25(23)32-26)18-27-33-31-19-35(27)16-21-10-8-20(15-30)9-11-21/h1-14,19H,16-18H2. The Morgan fingerprint density at radius 3 is 2.58 bits per heavy atom. The second-order valence-corrected chi connectivity index (χ2v) is 8.80. The molecule has 2 heterocycles. The van der Waals surface area contributed by atoms with Gasteiger partial charge in [-0.05, 0) is 47.5 Å². The molecule has 0 atom stereocenters. The van der Waals surface area contributed by atoms with Gasteiger partial charge >= 0.3 is 0 Å². The Hall–Kier alpha value is -4.54. The van der Waals surface area contributed by atoms with E-state index in [0.29, 0.717) is 35.2 Å². The molecule has 0 saturated heterocycles. The van der Waals surface area contributed by atoms with Gasteiger partial charge in [0.25, 0.3) is 5.91 Å². The van der Waals surface area contributed by atoms with Crippen LogP contribution in [0.5, 0.6) is 0 Å². The SMILES string of the molecule is N#Cc1ccc(Cn2cnnc2CN(Cc2cccc(Cl)c2)C(=O)c2ccc3ccccc3n2)cc1. The van der Waals surface area contributed by atoms with Crippen LogP contribution in [0.1, 0.15) is 33.0 Å². The Balaban J connectivity index is 1.44. The fourth-order valence-electron chi connectivity index (χ4n) is 3.99. The summed E-state index contributed by atoms with van der Waals surface area (Å²) in [6, 6.07) is 28.3. The molecule has 1 amide bonds. The first kappa shape index (κ1) is 23.2. The van der Waals surface area contributed by atoms with Gasteiger partial charge in [0.2, 0.25) is 0 Å². The summed E-state index contributed by atoms with van der Waals surface area (Å²) in [6.07, 6.45) is 1.64. The normalized spacial score (nSPS) is 10.8. The number of pyridine rings is 1. The monoisotopic (exact) mass is 492 g/mol. The zero-order valence-electron chi connectivity index (χ0n) is 19.3.